The molecule has 2 aromatic carbocycles. The second-order valence-electron chi connectivity index (χ2n) is 8.64. The number of imidazole rings is 1. The molecule has 1 aromatic heterocycles. The number of nitro benzene ring substituents is 1. The highest BCUT2D eigenvalue weighted by Crippen LogP contribution is 2.34. The number of H-pyrrole nitrogens is 1. The van der Waals surface area contributed by atoms with E-state index in [1.54, 1.807) is 4.57 Å². The number of anilines is 1. The summed E-state index contributed by atoms with van der Waals surface area (Å²) in [6.07, 6.45) is 1.26. The Morgan fingerprint density at radius 2 is 1.88 bits per heavy atom. The van der Waals surface area contributed by atoms with Gasteiger partial charge in [-0.15, -0.1) is 0 Å². The Labute approximate surface area is 197 Å². The zero-order valence-corrected chi connectivity index (χ0v) is 19.9. The molecule has 1 saturated heterocycles. The number of benzene rings is 2. The minimum atomic E-state index is -3.86. The predicted octanol–water partition coefficient (Wildman–Crippen LogP) is 1.92. The van der Waals surface area contributed by atoms with Crippen LogP contribution in [0, 0.1) is 10.1 Å². The third-order valence-corrected chi connectivity index (χ3v) is 7.56. The molecule has 0 atom stereocenters. The van der Waals surface area contributed by atoms with Gasteiger partial charge in [-0.25, -0.2) is 17.9 Å². The molecule has 34 heavy (non-hydrogen) atoms. The molecule has 12 heteroatoms. The third-order valence-electron chi connectivity index (χ3n) is 6.10. The van der Waals surface area contributed by atoms with Crippen molar-refractivity contribution in [3.63, 3.8) is 0 Å². The largest absolute Gasteiger partial charge is 0.366 e. The molecule has 0 saturated carbocycles. The van der Waals surface area contributed by atoms with E-state index in [0.717, 1.165) is 17.1 Å². The lowest BCUT2D eigenvalue weighted by Gasteiger charge is -2.33. The molecular weight excluding hydrogens is 460 g/mol. The molecule has 0 bridgehead atoms. The summed E-state index contributed by atoms with van der Waals surface area (Å²) < 4.78 is 29.4. The van der Waals surface area contributed by atoms with Crippen LogP contribution in [0.1, 0.15) is 18.9 Å². The molecule has 1 aliphatic rings. The summed E-state index contributed by atoms with van der Waals surface area (Å²) in [6, 6.07) is 11.5. The van der Waals surface area contributed by atoms with Crippen molar-refractivity contribution >= 4 is 32.4 Å². The zero-order valence-electron chi connectivity index (χ0n) is 19.1. The smallest absolute Gasteiger partial charge is 0.326 e. The Morgan fingerprint density at radius 1 is 1.18 bits per heavy atom. The minimum Gasteiger partial charge on any atom is -0.366 e. The summed E-state index contributed by atoms with van der Waals surface area (Å²) >= 11 is 0. The first-order chi connectivity index (χ1) is 16.2. The first kappa shape index (κ1) is 23.9. The second-order valence-corrected chi connectivity index (χ2v) is 10.4. The van der Waals surface area contributed by atoms with Gasteiger partial charge >= 0.3 is 5.69 Å². The molecule has 0 amide bonds. The fourth-order valence-electron chi connectivity index (χ4n) is 4.37. The number of piperidine rings is 1. The summed E-state index contributed by atoms with van der Waals surface area (Å²) in [5.74, 6) is 0. The van der Waals surface area contributed by atoms with Crippen molar-refractivity contribution < 1.29 is 13.3 Å². The van der Waals surface area contributed by atoms with Crippen LogP contribution in [0.3, 0.4) is 0 Å². The molecule has 3 aromatic rings. The molecule has 1 aliphatic heterocycles. The van der Waals surface area contributed by atoms with Gasteiger partial charge in [-0.1, -0.05) is 12.1 Å². The van der Waals surface area contributed by atoms with Crippen LogP contribution in [0.25, 0.3) is 11.0 Å². The number of hydrogen-bond acceptors (Lipinski definition) is 7. The molecule has 182 valence electrons. The first-order valence-corrected chi connectivity index (χ1v) is 12.5. The van der Waals surface area contributed by atoms with Gasteiger partial charge in [-0.05, 0) is 51.2 Å². The molecule has 4 rings (SSSR count). The van der Waals surface area contributed by atoms with Crippen LogP contribution in [-0.2, 0) is 10.0 Å². The summed E-state index contributed by atoms with van der Waals surface area (Å²) in [7, 11) is -0.214. The van der Waals surface area contributed by atoms with E-state index in [1.165, 1.54) is 12.1 Å². The van der Waals surface area contributed by atoms with E-state index < -0.39 is 14.9 Å². The van der Waals surface area contributed by atoms with E-state index in [-0.39, 0.29) is 28.9 Å². The fourth-order valence-corrected chi connectivity index (χ4v) is 5.41. The fraction of sp³-hybridized carbons (Fsp3) is 0.409. The van der Waals surface area contributed by atoms with Gasteiger partial charge in [0, 0.05) is 38.3 Å². The van der Waals surface area contributed by atoms with Gasteiger partial charge in [-0.2, -0.15) is 0 Å². The predicted molar refractivity (Wildman–Crippen MR) is 130 cm³/mol. The number of fused-ring (bicyclic) bond motifs is 1. The van der Waals surface area contributed by atoms with Crippen LogP contribution in [0.5, 0.6) is 0 Å². The Hall–Kier alpha value is -3.22. The number of aromatic amines is 1. The molecule has 0 radical (unpaired) electrons. The number of para-hydroxylation sites is 2. The average molecular weight is 489 g/mol. The van der Waals surface area contributed by atoms with Crippen LogP contribution >= 0.6 is 0 Å². The van der Waals surface area contributed by atoms with Crippen molar-refractivity contribution in [1.29, 1.82) is 0 Å². The van der Waals surface area contributed by atoms with E-state index >= 15 is 0 Å². The lowest BCUT2D eigenvalue weighted by Crippen LogP contribution is -2.37. The van der Waals surface area contributed by atoms with Crippen molar-refractivity contribution in [3.8, 4) is 0 Å². The number of sulfonamides is 1. The Kier molecular flexibility index (Phi) is 6.73. The van der Waals surface area contributed by atoms with E-state index in [0.29, 0.717) is 38.2 Å². The minimum absolute atomic E-state index is 0.0282. The molecule has 0 spiro atoms. The van der Waals surface area contributed by atoms with E-state index in [1.807, 2.05) is 48.2 Å². The number of nitrogens with zero attached hydrogens (tertiary/aromatic N) is 4. The molecule has 0 unspecified atom stereocenters. The van der Waals surface area contributed by atoms with E-state index in [4.69, 9.17) is 0 Å². The van der Waals surface area contributed by atoms with E-state index in [9.17, 15) is 23.3 Å². The van der Waals surface area contributed by atoms with Crippen molar-refractivity contribution in [3.05, 3.63) is 63.1 Å². The summed E-state index contributed by atoms with van der Waals surface area (Å²) in [5, 5.41) is 11.8. The van der Waals surface area contributed by atoms with Gasteiger partial charge in [0.1, 0.15) is 5.69 Å². The van der Waals surface area contributed by atoms with Crippen LogP contribution in [0.2, 0.25) is 0 Å². The maximum Gasteiger partial charge on any atom is 0.326 e. The number of nitro groups is 1. The molecular formula is C22H28N6O5S. The maximum absolute atomic E-state index is 12.6. The number of aromatic nitrogens is 2. The summed E-state index contributed by atoms with van der Waals surface area (Å²) in [4.78, 5) is 30.2. The highest BCUT2D eigenvalue weighted by molar-refractivity contribution is 7.89. The Balaban J connectivity index is 1.53. The topological polar surface area (TPSA) is 134 Å². The van der Waals surface area contributed by atoms with Gasteiger partial charge in [-0.3, -0.25) is 14.7 Å². The van der Waals surface area contributed by atoms with Crippen molar-refractivity contribution in [2.24, 2.45) is 0 Å². The molecule has 2 N–H and O–H groups in total. The van der Waals surface area contributed by atoms with Crippen molar-refractivity contribution in [2.75, 3.05) is 45.2 Å². The van der Waals surface area contributed by atoms with Gasteiger partial charge in [0.15, 0.2) is 0 Å². The molecule has 11 nitrogen and oxygen atoms in total. The number of hydrogen-bond donors (Lipinski definition) is 2. The van der Waals surface area contributed by atoms with Gasteiger partial charge < -0.3 is 14.8 Å². The Bertz CT molecular complexity index is 1360. The first-order valence-electron chi connectivity index (χ1n) is 11.0. The SMILES string of the molecule is CN(C)CCNS(=O)(=O)c1ccc(N2CCC(n3c(=O)[nH]c4ccccc43)CC2)c([N+](=O)[O-])c1. The quantitative estimate of drug-likeness (QED) is 0.365. The normalized spacial score (nSPS) is 15.3. The van der Waals surface area contributed by atoms with E-state index in [2.05, 4.69) is 9.71 Å². The third kappa shape index (κ3) is 4.83. The van der Waals surface area contributed by atoms with Crippen LogP contribution in [0.4, 0.5) is 11.4 Å². The van der Waals surface area contributed by atoms with Gasteiger partial charge in [0.2, 0.25) is 10.0 Å². The monoisotopic (exact) mass is 488 g/mol. The molecule has 2 heterocycles. The van der Waals surface area contributed by atoms with Gasteiger partial charge in [0.25, 0.3) is 5.69 Å². The number of nitrogens with one attached hydrogen (secondary N) is 2. The maximum atomic E-state index is 12.6. The molecule has 0 aliphatic carbocycles. The van der Waals surface area contributed by atoms with Gasteiger partial charge in [0.05, 0.1) is 20.9 Å². The zero-order chi connectivity index (χ0) is 24.5. The second kappa shape index (κ2) is 9.57. The van der Waals surface area contributed by atoms with Crippen LogP contribution in [0.15, 0.2) is 52.2 Å². The summed E-state index contributed by atoms with van der Waals surface area (Å²) in [6.45, 7) is 1.72. The highest BCUT2D eigenvalue weighted by Gasteiger charge is 2.29. The molecule has 1 fully saturated rings. The van der Waals surface area contributed by atoms with Crippen molar-refractivity contribution in [2.45, 2.75) is 23.8 Å². The number of rotatable bonds is 8. The van der Waals surface area contributed by atoms with Crippen LogP contribution < -0.4 is 15.3 Å². The lowest BCUT2D eigenvalue weighted by molar-refractivity contribution is -0.384. The average Bonchev–Trinajstić information content (AvgIpc) is 3.14. The Morgan fingerprint density at radius 3 is 2.56 bits per heavy atom. The summed E-state index contributed by atoms with van der Waals surface area (Å²) in [5.41, 5.74) is 1.58. The highest BCUT2D eigenvalue weighted by atomic mass is 32.2. The van der Waals surface area contributed by atoms with Crippen molar-refractivity contribution in [1.82, 2.24) is 19.2 Å². The lowest BCUT2D eigenvalue weighted by atomic mass is 10.0. The standard InChI is InChI=1S/C22H28N6O5S/c1-25(2)14-11-23-34(32,33)17-7-8-20(21(15-17)28(30)31)26-12-9-16(10-13-26)27-19-6-4-3-5-18(19)24-22(27)29/h3-8,15-16,23H,9-14H2,1-2H3,(H,24,29). The van der Waals surface area contributed by atoms with Crippen LogP contribution in [-0.4, -0.2) is 68.1 Å². The number of likely N-dealkylation sites (N-methyl/N-ethyl adjacent to an activating group) is 1.